The minimum absolute atomic E-state index is 0.442. The summed E-state index contributed by atoms with van der Waals surface area (Å²) < 4.78 is 18.1. The van der Waals surface area contributed by atoms with Gasteiger partial charge in [-0.1, -0.05) is 31.4 Å². The summed E-state index contributed by atoms with van der Waals surface area (Å²) in [4.78, 5) is 22.9. The minimum atomic E-state index is -0.504. The van der Waals surface area contributed by atoms with E-state index in [1.54, 1.807) is 36.6 Å². The molecule has 5 nitrogen and oxygen atoms in total. The molecule has 0 saturated carbocycles. The van der Waals surface area contributed by atoms with Crippen molar-refractivity contribution in [3.63, 3.8) is 0 Å². The van der Waals surface area contributed by atoms with Crippen molar-refractivity contribution < 1.29 is 23.8 Å². The van der Waals surface area contributed by atoms with Crippen LogP contribution >= 0.6 is 11.3 Å². The molecule has 31 heavy (non-hydrogen) atoms. The van der Waals surface area contributed by atoms with Crippen LogP contribution < -0.4 is 14.2 Å². The summed E-state index contributed by atoms with van der Waals surface area (Å²) in [5.41, 5.74) is 1.84. The number of hydrogen-bond donors (Lipinski definition) is 0. The monoisotopic (exact) mass is 430 g/mol. The lowest BCUT2D eigenvalue weighted by Crippen LogP contribution is -2.02. The van der Waals surface area contributed by atoms with Crippen molar-refractivity contribution in [3.05, 3.63) is 79.9 Å². The van der Waals surface area contributed by atoms with E-state index < -0.39 is 11.9 Å². The van der Waals surface area contributed by atoms with Crippen molar-refractivity contribution in [1.29, 1.82) is 0 Å². The zero-order valence-electron chi connectivity index (χ0n) is 16.7. The van der Waals surface area contributed by atoms with Crippen LogP contribution in [0.2, 0.25) is 0 Å². The Kier molecular flexibility index (Phi) is 5.56. The van der Waals surface area contributed by atoms with Gasteiger partial charge in [-0.25, -0.2) is 9.59 Å². The van der Waals surface area contributed by atoms with Gasteiger partial charge in [0.1, 0.15) is 17.2 Å². The highest BCUT2D eigenvalue weighted by Crippen LogP contribution is 2.45. The number of methoxy groups -OCH3 is 1. The Bertz CT molecular complexity index is 1330. The first kappa shape index (κ1) is 20.4. The van der Waals surface area contributed by atoms with Gasteiger partial charge in [-0.15, -0.1) is 11.3 Å². The number of hydrogen-bond acceptors (Lipinski definition) is 6. The van der Waals surface area contributed by atoms with Gasteiger partial charge in [0.05, 0.1) is 11.8 Å². The van der Waals surface area contributed by atoms with E-state index in [0.717, 1.165) is 49.2 Å². The van der Waals surface area contributed by atoms with Crippen molar-refractivity contribution in [2.45, 2.75) is 0 Å². The second-order valence-corrected chi connectivity index (χ2v) is 7.61. The van der Waals surface area contributed by atoms with Crippen LogP contribution in [-0.4, -0.2) is 19.0 Å². The van der Waals surface area contributed by atoms with E-state index in [4.69, 9.17) is 14.2 Å². The molecule has 0 amide bonds. The summed E-state index contributed by atoms with van der Waals surface area (Å²) in [6, 6.07) is 16.8. The highest BCUT2D eigenvalue weighted by Gasteiger charge is 2.16. The maximum atomic E-state index is 11.5. The van der Waals surface area contributed by atoms with Gasteiger partial charge in [0.15, 0.2) is 0 Å². The molecule has 0 unspecified atom stereocenters. The lowest BCUT2D eigenvalue weighted by Gasteiger charge is -2.10. The molecule has 4 rings (SSSR count). The molecule has 6 heteroatoms. The molecule has 0 radical (unpaired) electrons. The lowest BCUT2D eigenvalue weighted by atomic mass is 10.0. The fourth-order valence-electron chi connectivity index (χ4n) is 3.31. The number of esters is 2. The van der Waals surface area contributed by atoms with Crippen molar-refractivity contribution in [2.24, 2.45) is 0 Å². The molecule has 1 heterocycles. The van der Waals surface area contributed by atoms with Gasteiger partial charge in [-0.05, 0) is 42.0 Å². The maximum absolute atomic E-state index is 11.5. The Labute approximate surface area is 182 Å². The average molecular weight is 430 g/mol. The molecule has 0 fully saturated rings. The molecule has 0 bridgehead atoms. The molecule has 0 aliphatic heterocycles. The van der Waals surface area contributed by atoms with Crippen LogP contribution in [0.3, 0.4) is 0 Å². The Hall–Kier alpha value is -3.90. The molecule has 0 atom stereocenters. The topological polar surface area (TPSA) is 61.8 Å². The Balaban J connectivity index is 1.77. The third-order valence-electron chi connectivity index (χ3n) is 4.71. The number of thiophene rings is 1. The Morgan fingerprint density at radius 3 is 2.10 bits per heavy atom. The minimum Gasteiger partial charge on any atom is -0.495 e. The van der Waals surface area contributed by atoms with E-state index in [0.29, 0.717) is 11.5 Å². The molecule has 4 aromatic rings. The summed E-state index contributed by atoms with van der Waals surface area (Å²) in [7, 11) is 1.64. The number of rotatable bonds is 6. The molecule has 1 aromatic heterocycles. The van der Waals surface area contributed by atoms with Gasteiger partial charge >= 0.3 is 11.9 Å². The first-order valence-electron chi connectivity index (χ1n) is 9.36. The van der Waals surface area contributed by atoms with E-state index >= 15 is 0 Å². The molecule has 154 valence electrons. The smallest absolute Gasteiger partial charge is 0.335 e. The van der Waals surface area contributed by atoms with Crippen molar-refractivity contribution >= 4 is 43.4 Å². The predicted molar refractivity (Wildman–Crippen MR) is 123 cm³/mol. The normalized spacial score (nSPS) is 10.6. The Morgan fingerprint density at radius 2 is 1.45 bits per heavy atom. The zero-order valence-corrected chi connectivity index (χ0v) is 17.5. The standard InChI is InChI=1S/C25H18O5S/c1-4-22(26)29-16-8-6-15(7-9-16)18-12-13-20-19-11-10-17(30-23(27)5-2)14-21(19)31-25(20)24(18)28-3/h4-14H,1-2H2,3H3. The van der Waals surface area contributed by atoms with E-state index in [1.807, 2.05) is 36.4 Å². The molecule has 0 saturated heterocycles. The molecule has 0 spiro atoms. The van der Waals surface area contributed by atoms with Crippen molar-refractivity contribution in [2.75, 3.05) is 7.11 Å². The zero-order chi connectivity index (χ0) is 22.0. The summed E-state index contributed by atoms with van der Waals surface area (Å²) in [6.07, 6.45) is 2.25. The first-order valence-corrected chi connectivity index (χ1v) is 10.2. The Morgan fingerprint density at radius 1 is 0.839 bits per heavy atom. The fourth-order valence-corrected chi connectivity index (χ4v) is 4.56. The van der Waals surface area contributed by atoms with Crippen LogP contribution in [0.1, 0.15) is 0 Å². The van der Waals surface area contributed by atoms with E-state index in [-0.39, 0.29) is 0 Å². The SMILES string of the molecule is C=CC(=O)Oc1ccc(-c2ccc3c(sc4cc(OC(=O)C=C)ccc43)c2OC)cc1. The van der Waals surface area contributed by atoms with Crippen LogP contribution in [-0.2, 0) is 9.59 Å². The van der Waals surface area contributed by atoms with Crippen LogP contribution in [0.25, 0.3) is 31.3 Å². The molecular weight excluding hydrogens is 412 g/mol. The third-order valence-corrected chi connectivity index (χ3v) is 5.87. The molecule has 3 aromatic carbocycles. The van der Waals surface area contributed by atoms with Gasteiger partial charge in [0, 0.05) is 33.2 Å². The second kappa shape index (κ2) is 8.45. The highest BCUT2D eigenvalue weighted by molar-refractivity contribution is 7.26. The van der Waals surface area contributed by atoms with Gasteiger partial charge in [-0.2, -0.15) is 0 Å². The summed E-state index contributed by atoms with van der Waals surface area (Å²) >= 11 is 1.56. The molecular formula is C25H18O5S. The summed E-state index contributed by atoms with van der Waals surface area (Å²) in [5, 5.41) is 2.11. The molecule has 0 N–H and O–H groups in total. The first-order chi connectivity index (χ1) is 15.0. The van der Waals surface area contributed by atoms with E-state index in [2.05, 4.69) is 13.2 Å². The van der Waals surface area contributed by atoms with Crippen LogP contribution in [0, 0.1) is 0 Å². The lowest BCUT2D eigenvalue weighted by molar-refractivity contribution is -0.129. The van der Waals surface area contributed by atoms with Crippen molar-refractivity contribution in [3.8, 4) is 28.4 Å². The van der Waals surface area contributed by atoms with Crippen LogP contribution in [0.4, 0.5) is 0 Å². The van der Waals surface area contributed by atoms with Crippen molar-refractivity contribution in [1.82, 2.24) is 0 Å². The van der Waals surface area contributed by atoms with Gasteiger partial charge in [0.25, 0.3) is 0 Å². The maximum Gasteiger partial charge on any atom is 0.335 e. The number of fused-ring (bicyclic) bond motifs is 3. The van der Waals surface area contributed by atoms with Gasteiger partial charge in [0.2, 0.25) is 0 Å². The second-order valence-electron chi connectivity index (χ2n) is 6.56. The van der Waals surface area contributed by atoms with E-state index in [1.165, 1.54) is 0 Å². The highest BCUT2D eigenvalue weighted by atomic mass is 32.1. The number of benzene rings is 3. The van der Waals surface area contributed by atoms with Gasteiger partial charge < -0.3 is 14.2 Å². The third kappa shape index (κ3) is 3.93. The number of ether oxygens (including phenoxy) is 3. The van der Waals surface area contributed by atoms with Gasteiger partial charge in [-0.3, -0.25) is 0 Å². The fraction of sp³-hybridized carbons (Fsp3) is 0.0400. The molecule has 0 aliphatic rings. The van der Waals surface area contributed by atoms with E-state index in [9.17, 15) is 9.59 Å². The molecule has 0 aliphatic carbocycles. The summed E-state index contributed by atoms with van der Waals surface area (Å²) in [6.45, 7) is 6.82. The van der Waals surface area contributed by atoms with Crippen LogP contribution in [0.15, 0.2) is 79.9 Å². The average Bonchev–Trinajstić information content (AvgIpc) is 3.16. The number of carbonyl (C=O) groups excluding carboxylic acids is 2. The number of carbonyl (C=O) groups is 2. The quantitative estimate of drug-likeness (QED) is 0.216. The van der Waals surface area contributed by atoms with Crippen LogP contribution in [0.5, 0.6) is 17.2 Å². The summed E-state index contributed by atoms with van der Waals surface area (Å²) in [5.74, 6) is 0.654. The predicted octanol–water partition coefficient (Wildman–Crippen LogP) is 5.91. The largest absolute Gasteiger partial charge is 0.495 e.